The molecule has 0 saturated heterocycles. The normalized spacial score (nSPS) is 12.4. The van der Waals surface area contributed by atoms with E-state index in [0.717, 1.165) is 6.07 Å². The quantitative estimate of drug-likeness (QED) is 0.822. The molecule has 5 heteroatoms. The average molecular weight is 226 g/mol. The number of rotatable bonds is 2. The molecular weight excluding hydrogens is 215 g/mol. The monoisotopic (exact) mass is 225 g/mol. The summed E-state index contributed by atoms with van der Waals surface area (Å²) in [6.07, 6.45) is -2.79. The fraction of sp³-hybridized carbons (Fsp3) is 0.333. The zero-order valence-electron chi connectivity index (χ0n) is 7.51. The molecule has 0 aliphatic heterocycles. The molecule has 1 unspecified atom stereocenters. The Morgan fingerprint density at radius 1 is 1.21 bits per heavy atom. The van der Waals surface area contributed by atoms with Crippen molar-refractivity contribution in [3.8, 4) is 0 Å². The van der Waals surface area contributed by atoms with Gasteiger partial charge in [0.1, 0.15) is 5.82 Å². The van der Waals surface area contributed by atoms with E-state index in [0.29, 0.717) is 0 Å². The Hall–Kier alpha value is -0.740. The number of hydrogen-bond acceptors (Lipinski definition) is 1. The number of benzene rings is 1. The highest BCUT2D eigenvalue weighted by atomic mass is 35.5. The number of halogens is 4. The number of hydrogen-bond donors (Lipinski definition) is 1. The molecule has 0 spiro atoms. The second-order valence-corrected chi connectivity index (χ2v) is 2.84. The van der Waals surface area contributed by atoms with Gasteiger partial charge in [0.05, 0.1) is 5.56 Å². The van der Waals surface area contributed by atoms with Crippen LogP contribution in [0.1, 0.15) is 30.5 Å². The first-order chi connectivity index (χ1) is 6.04. The van der Waals surface area contributed by atoms with Crippen LogP contribution >= 0.6 is 12.4 Å². The minimum atomic E-state index is -2.79. The van der Waals surface area contributed by atoms with Gasteiger partial charge in [-0.2, -0.15) is 0 Å². The highest BCUT2D eigenvalue weighted by Crippen LogP contribution is 2.26. The van der Waals surface area contributed by atoms with Gasteiger partial charge in [0.2, 0.25) is 0 Å². The molecule has 0 saturated carbocycles. The van der Waals surface area contributed by atoms with Crippen LogP contribution in [-0.2, 0) is 0 Å². The van der Waals surface area contributed by atoms with Gasteiger partial charge in [-0.1, -0.05) is 18.2 Å². The Labute approximate surface area is 86.5 Å². The summed E-state index contributed by atoms with van der Waals surface area (Å²) in [5.41, 5.74) is 4.93. The van der Waals surface area contributed by atoms with Crippen LogP contribution in [0.25, 0.3) is 0 Å². The molecule has 1 aromatic carbocycles. The second kappa shape index (κ2) is 5.22. The van der Waals surface area contributed by atoms with Crippen LogP contribution in [0.2, 0.25) is 0 Å². The van der Waals surface area contributed by atoms with Crippen molar-refractivity contribution in [3.63, 3.8) is 0 Å². The van der Waals surface area contributed by atoms with Gasteiger partial charge in [0.15, 0.2) is 0 Å². The molecule has 0 amide bonds. The van der Waals surface area contributed by atoms with Gasteiger partial charge < -0.3 is 5.73 Å². The SMILES string of the molecule is CC(N)c1cccc(C(F)F)c1F.Cl. The zero-order valence-corrected chi connectivity index (χ0v) is 8.32. The fourth-order valence-corrected chi connectivity index (χ4v) is 1.09. The Morgan fingerprint density at radius 2 is 1.71 bits per heavy atom. The van der Waals surface area contributed by atoms with Crippen molar-refractivity contribution in [2.45, 2.75) is 19.4 Å². The van der Waals surface area contributed by atoms with Crippen LogP contribution < -0.4 is 5.73 Å². The minimum absolute atomic E-state index is 0. The van der Waals surface area contributed by atoms with E-state index in [4.69, 9.17) is 5.73 Å². The van der Waals surface area contributed by atoms with Crippen LogP contribution in [-0.4, -0.2) is 0 Å². The largest absolute Gasteiger partial charge is 0.324 e. The van der Waals surface area contributed by atoms with Crippen LogP contribution in [0.15, 0.2) is 18.2 Å². The summed E-state index contributed by atoms with van der Waals surface area (Å²) in [6, 6.07) is 3.28. The van der Waals surface area contributed by atoms with E-state index in [1.165, 1.54) is 12.1 Å². The lowest BCUT2D eigenvalue weighted by Crippen LogP contribution is -2.09. The predicted molar refractivity (Wildman–Crippen MR) is 51.2 cm³/mol. The van der Waals surface area contributed by atoms with Gasteiger partial charge in [-0.05, 0) is 6.92 Å². The molecule has 2 N–H and O–H groups in total. The van der Waals surface area contributed by atoms with Gasteiger partial charge in [-0.25, -0.2) is 13.2 Å². The van der Waals surface area contributed by atoms with Crippen molar-refractivity contribution in [3.05, 3.63) is 35.1 Å². The Balaban J connectivity index is 0.00000169. The van der Waals surface area contributed by atoms with Crippen molar-refractivity contribution in [2.75, 3.05) is 0 Å². The van der Waals surface area contributed by atoms with E-state index >= 15 is 0 Å². The third-order valence-corrected chi connectivity index (χ3v) is 1.78. The third kappa shape index (κ3) is 2.62. The lowest BCUT2D eigenvalue weighted by atomic mass is 10.0. The average Bonchev–Trinajstić information content (AvgIpc) is 2.03. The van der Waals surface area contributed by atoms with Crippen LogP contribution in [0.4, 0.5) is 13.2 Å². The lowest BCUT2D eigenvalue weighted by Gasteiger charge is -2.09. The molecule has 0 radical (unpaired) electrons. The number of alkyl halides is 2. The Morgan fingerprint density at radius 3 is 2.14 bits per heavy atom. The first-order valence-electron chi connectivity index (χ1n) is 3.86. The minimum Gasteiger partial charge on any atom is -0.324 e. The standard InChI is InChI=1S/C9H10F3N.ClH/c1-5(13)6-3-2-4-7(8(6)10)9(11)12;/h2-5,9H,13H2,1H3;1H. The molecule has 1 aromatic rings. The highest BCUT2D eigenvalue weighted by Gasteiger charge is 2.17. The second-order valence-electron chi connectivity index (χ2n) is 2.84. The van der Waals surface area contributed by atoms with Gasteiger partial charge in [-0.15, -0.1) is 12.4 Å². The van der Waals surface area contributed by atoms with E-state index in [9.17, 15) is 13.2 Å². The molecule has 1 nitrogen and oxygen atoms in total. The van der Waals surface area contributed by atoms with Crippen molar-refractivity contribution >= 4 is 12.4 Å². The van der Waals surface area contributed by atoms with Crippen molar-refractivity contribution < 1.29 is 13.2 Å². The summed E-state index contributed by atoms with van der Waals surface area (Å²) >= 11 is 0. The third-order valence-electron chi connectivity index (χ3n) is 1.78. The van der Waals surface area contributed by atoms with Crippen molar-refractivity contribution in [1.82, 2.24) is 0 Å². The summed E-state index contributed by atoms with van der Waals surface area (Å²) < 4.78 is 37.6. The molecule has 0 bridgehead atoms. The molecule has 80 valence electrons. The number of nitrogens with two attached hydrogens (primary N) is 1. The molecule has 1 rings (SSSR count). The van der Waals surface area contributed by atoms with Crippen LogP contribution in [0.3, 0.4) is 0 Å². The molecule has 0 heterocycles. The molecule has 1 atom stereocenters. The Bertz CT molecular complexity index is 276. The summed E-state index contributed by atoms with van der Waals surface area (Å²) in [5, 5.41) is 0. The van der Waals surface area contributed by atoms with Gasteiger partial charge in [0.25, 0.3) is 6.43 Å². The van der Waals surface area contributed by atoms with Gasteiger partial charge >= 0.3 is 0 Å². The molecular formula is C9H11ClF3N. The van der Waals surface area contributed by atoms with E-state index in [2.05, 4.69) is 0 Å². The fourth-order valence-electron chi connectivity index (χ4n) is 1.09. The zero-order chi connectivity index (χ0) is 10.0. The summed E-state index contributed by atoms with van der Waals surface area (Å²) in [5.74, 6) is -0.896. The molecule has 0 fully saturated rings. The van der Waals surface area contributed by atoms with Crippen LogP contribution in [0.5, 0.6) is 0 Å². The van der Waals surface area contributed by atoms with Gasteiger partial charge in [-0.3, -0.25) is 0 Å². The highest BCUT2D eigenvalue weighted by molar-refractivity contribution is 5.85. The smallest absolute Gasteiger partial charge is 0.266 e. The van der Waals surface area contributed by atoms with Crippen molar-refractivity contribution in [1.29, 1.82) is 0 Å². The summed E-state index contributed by atoms with van der Waals surface area (Å²) in [7, 11) is 0. The molecule has 0 aromatic heterocycles. The Kier molecular flexibility index (Phi) is 4.94. The maximum atomic E-state index is 13.2. The lowest BCUT2D eigenvalue weighted by molar-refractivity contribution is 0.146. The topological polar surface area (TPSA) is 26.0 Å². The molecule has 0 aliphatic carbocycles. The first-order valence-corrected chi connectivity index (χ1v) is 3.86. The van der Waals surface area contributed by atoms with E-state index in [-0.39, 0.29) is 18.0 Å². The van der Waals surface area contributed by atoms with Crippen LogP contribution in [0, 0.1) is 5.82 Å². The van der Waals surface area contributed by atoms with Crippen molar-refractivity contribution in [2.24, 2.45) is 5.73 Å². The van der Waals surface area contributed by atoms with E-state index in [1.807, 2.05) is 0 Å². The summed E-state index contributed by atoms with van der Waals surface area (Å²) in [6.45, 7) is 1.55. The predicted octanol–water partition coefficient (Wildman–Crippen LogP) is 3.20. The van der Waals surface area contributed by atoms with E-state index < -0.39 is 23.8 Å². The maximum absolute atomic E-state index is 13.2. The first kappa shape index (κ1) is 13.3. The van der Waals surface area contributed by atoms with Gasteiger partial charge in [0, 0.05) is 11.6 Å². The molecule has 14 heavy (non-hydrogen) atoms. The molecule has 0 aliphatic rings. The van der Waals surface area contributed by atoms with E-state index in [1.54, 1.807) is 6.92 Å². The summed E-state index contributed by atoms with van der Waals surface area (Å²) in [4.78, 5) is 0. The maximum Gasteiger partial charge on any atom is 0.266 e.